The molecule has 0 heterocycles. The molecule has 1 unspecified atom stereocenters. The van der Waals surface area contributed by atoms with Crippen molar-refractivity contribution in [1.82, 2.24) is 0 Å². The Morgan fingerprint density at radius 2 is 1.35 bits per heavy atom. The van der Waals surface area contributed by atoms with Gasteiger partial charge in [-0.15, -0.1) is 0 Å². The van der Waals surface area contributed by atoms with E-state index in [9.17, 15) is 14.3 Å². The van der Waals surface area contributed by atoms with Gasteiger partial charge >= 0.3 is 5.97 Å². The van der Waals surface area contributed by atoms with Gasteiger partial charge in [0.25, 0.3) is 7.82 Å². The van der Waals surface area contributed by atoms with Gasteiger partial charge in [-0.2, -0.15) is 0 Å². The number of allylic oxidation sites excluding steroid dienone is 2. The Morgan fingerprint density at radius 1 is 0.811 bits per heavy atom. The van der Waals surface area contributed by atoms with Crippen molar-refractivity contribution >= 4 is 13.8 Å². The number of unbranched alkanes of at least 4 members (excludes halogenated alkanes) is 12. The largest absolute Gasteiger partial charge is 0.756 e. The van der Waals surface area contributed by atoms with Crippen molar-refractivity contribution in [3.05, 3.63) is 12.2 Å². The molecule has 0 saturated carbocycles. The average Bonchev–Trinajstić information content (AvgIpc) is 2.80. The van der Waals surface area contributed by atoms with Crippen LogP contribution in [0.3, 0.4) is 0 Å². The fourth-order valence-electron chi connectivity index (χ4n) is 3.66. The highest BCUT2D eigenvalue weighted by atomic mass is 31.2. The lowest BCUT2D eigenvalue weighted by atomic mass is 10.1. The summed E-state index contributed by atoms with van der Waals surface area (Å²) in [5.41, 5.74) is 0. The molecule has 0 aromatic heterocycles. The fraction of sp³-hybridized carbons (Fsp3) is 0.893. The lowest BCUT2D eigenvalue weighted by molar-refractivity contribution is -0.870. The van der Waals surface area contributed by atoms with Gasteiger partial charge in [0.05, 0.1) is 34.4 Å². The van der Waals surface area contributed by atoms with E-state index in [2.05, 4.69) is 19.1 Å². The van der Waals surface area contributed by atoms with Crippen LogP contribution in [0.15, 0.2) is 12.2 Å². The van der Waals surface area contributed by atoms with Crippen LogP contribution >= 0.6 is 7.82 Å². The Labute approximate surface area is 227 Å². The van der Waals surface area contributed by atoms with Crippen LogP contribution in [-0.2, 0) is 27.9 Å². The number of hydrogen-bond acceptors (Lipinski definition) is 7. The zero-order chi connectivity index (χ0) is 27.8. The van der Waals surface area contributed by atoms with Crippen LogP contribution in [0.4, 0.5) is 0 Å². The Morgan fingerprint density at radius 3 is 1.89 bits per heavy atom. The SMILES string of the molecule is CCCCCCC/C=C/CCCCCCCCCOC[C@H](COP(=O)([O-])OCC[N+](C)(C)C)OC(C)=O. The summed E-state index contributed by atoms with van der Waals surface area (Å²) < 4.78 is 33.0. The summed E-state index contributed by atoms with van der Waals surface area (Å²) in [5.74, 6) is -0.512. The Kier molecular flexibility index (Phi) is 22.7. The third kappa shape index (κ3) is 28.1. The molecular formula is C28H56NO7P. The van der Waals surface area contributed by atoms with Gasteiger partial charge in [0, 0.05) is 13.5 Å². The van der Waals surface area contributed by atoms with E-state index in [-0.39, 0.29) is 19.8 Å². The summed E-state index contributed by atoms with van der Waals surface area (Å²) in [7, 11) is 1.34. The minimum absolute atomic E-state index is 0.0231. The van der Waals surface area contributed by atoms with Crippen LogP contribution in [0, 0.1) is 0 Å². The molecule has 0 spiro atoms. The average molecular weight is 550 g/mol. The van der Waals surface area contributed by atoms with Gasteiger partial charge in [0.1, 0.15) is 19.3 Å². The molecule has 9 heteroatoms. The Balaban J connectivity index is 3.77. The van der Waals surface area contributed by atoms with Gasteiger partial charge in [-0.05, 0) is 32.1 Å². The van der Waals surface area contributed by atoms with Crippen molar-refractivity contribution in [3.8, 4) is 0 Å². The molecule has 0 N–H and O–H groups in total. The second-order valence-electron chi connectivity index (χ2n) is 10.8. The van der Waals surface area contributed by atoms with Crippen LogP contribution in [0.25, 0.3) is 0 Å². The van der Waals surface area contributed by atoms with E-state index in [0.717, 1.165) is 12.8 Å². The smallest absolute Gasteiger partial charge is 0.303 e. The first-order valence-electron chi connectivity index (χ1n) is 14.4. The number of hydrogen-bond donors (Lipinski definition) is 0. The van der Waals surface area contributed by atoms with E-state index in [4.69, 9.17) is 18.5 Å². The number of ether oxygens (including phenoxy) is 2. The minimum atomic E-state index is -4.46. The number of carbonyl (C=O) groups excluding carboxylic acids is 1. The van der Waals surface area contributed by atoms with E-state index < -0.39 is 19.9 Å². The molecule has 8 nitrogen and oxygen atoms in total. The zero-order valence-electron chi connectivity index (χ0n) is 24.4. The van der Waals surface area contributed by atoms with E-state index in [1.54, 1.807) is 0 Å². The first-order chi connectivity index (χ1) is 17.6. The maximum Gasteiger partial charge on any atom is 0.303 e. The number of phosphoric acid groups is 1. The van der Waals surface area contributed by atoms with Crippen molar-refractivity contribution in [3.63, 3.8) is 0 Å². The molecule has 0 aromatic rings. The summed E-state index contributed by atoms with van der Waals surface area (Å²) in [5, 5.41) is 0. The number of nitrogens with zero attached hydrogens (tertiary/aromatic N) is 1. The number of phosphoric ester groups is 1. The molecular weight excluding hydrogens is 493 g/mol. The molecule has 0 saturated heterocycles. The van der Waals surface area contributed by atoms with Gasteiger partial charge < -0.3 is 27.9 Å². The summed E-state index contributed by atoms with van der Waals surface area (Å²) in [6, 6.07) is 0. The predicted molar refractivity (Wildman–Crippen MR) is 148 cm³/mol. The van der Waals surface area contributed by atoms with E-state index >= 15 is 0 Å². The van der Waals surface area contributed by atoms with Crippen molar-refractivity contribution in [2.75, 3.05) is 54.1 Å². The van der Waals surface area contributed by atoms with Gasteiger partial charge in [0.15, 0.2) is 0 Å². The monoisotopic (exact) mass is 549 g/mol. The Bertz CT molecular complexity index is 622. The molecule has 37 heavy (non-hydrogen) atoms. The molecule has 2 atom stereocenters. The van der Waals surface area contributed by atoms with E-state index in [1.165, 1.54) is 84.0 Å². The third-order valence-corrected chi connectivity index (χ3v) is 6.83. The van der Waals surface area contributed by atoms with Crippen molar-refractivity contribution in [2.24, 2.45) is 0 Å². The predicted octanol–water partition coefficient (Wildman–Crippen LogP) is 6.18. The van der Waals surface area contributed by atoms with Crippen LogP contribution in [-0.4, -0.2) is 70.7 Å². The quantitative estimate of drug-likeness (QED) is 0.0418. The number of quaternary nitrogens is 1. The third-order valence-electron chi connectivity index (χ3n) is 5.87. The number of carbonyl (C=O) groups is 1. The number of likely N-dealkylation sites (N-methyl/N-ethyl adjacent to an activating group) is 1. The molecule has 0 aromatic carbocycles. The van der Waals surface area contributed by atoms with E-state index in [0.29, 0.717) is 17.6 Å². The summed E-state index contributed by atoms with van der Waals surface area (Å²) in [4.78, 5) is 23.3. The molecule has 0 radical (unpaired) electrons. The maximum absolute atomic E-state index is 11.9. The van der Waals surface area contributed by atoms with Gasteiger partial charge in [-0.1, -0.05) is 76.9 Å². The summed E-state index contributed by atoms with van der Waals surface area (Å²) in [6.45, 7) is 4.37. The van der Waals surface area contributed by atoms with Crippen LogP contribution < -0.4 is 4.89 Å². The molecule has 0 aliphatic heterocycles. The molecule has 0 amide bonds. The number of esters is 1. The maximum atomic E-state index is 11.9. The van der Waals surface area contributed by atoms with Crippen LogP contribution in [0.5, 0.6) is 0 Å². The first kappa shape index (κ1) is 36.2. The Hall–Kier alpha value is -0.760. The first-order valence-corrected chi connectivity index (χ1v) is 15.8. The molecule has 0 aliphatic carbocycles. The highest BCUT2D eigenvalue weighted by molar-refractivity contribution is 7.45. The second kappa shape index (κ2) is 23.2. The fourth-order valence-corrected chi connectivity index (χ4v) is 4.38. The molecule has 0 bridgehead atoms. The zero-order valence-corrected chi connectivity index (χ0v) is 25.3. The normalized spacial score (nSPS) is 14.6. The summed E-state index contributed by atoms with van der Waals surface area (Å²) in [6.07, 6.45) is 21.3. The van der Waals surface area contributed by atoms with Crippen molar-refractivity contribution in [2.45, 2.75) is 110 Å². The minimum Gasteiger partial charge on any atom is -0.756 e. The lowest BCUT2D eigenvalue weighted by Crippen LogP contribution is -2.37. The van der Waals surface area contributed by atoms with Crippen LogP contribution in [0.2, 0.25) is 0 Å². The second-order valence-corrected chi connectivity index (χ2v) is 12.2. The van der Waals surface area contributed by atoms with Gasteiger partial charge in [0.2, 0.25) is 0 Å². The molecule has 0 aliphatic rings. The highest BCUT2D eigenvalue weighted by Crippen LogP contribution is 2.38. The molecule has 220 valence electrons. The highest BCUT2D eigenvalue weighted by Gasteiger charge is 2.19. The van der Waals surface area contributed by atoms with Gasteiger partial charge in [-0.3, -0.25) is 9.36 Å². The molecule has 0 fully saturated rings. The van der Waals surface area contributed by atoms with Gasteiger partial charge in [-0.25, -0.2) is 0 Å². The van der Waals surface area contributed by atoms with Crippen molar-refractivity contribution < 1.29 is 37.3 Å². The number of rotatable bonds is 26. The standard InChI is InChI=1S/C28H56NO7P/c1-6-7-8-9-10-11-12-13-14-15-16-17-18-19-20-21-23-33-25-28(36-27(2)30)26-35-37(31,32)34-24-22-29(3,4)5/h12-13,28H,6-11,14-26H2,1-5H3/b13-12+/t28-/m1/s1. The van der Waals surface area contributed by atoms with Crippen LogP contribution in [0.1, 0.15) is 104 Å². The lowest BCUT2D eigenvalue weighted by Gasteiger charge is -2.28. The van der Waals surface area contributed by atoms with E-state index in [1.807, 2.05) is 21.1 Å². The topological polar surface area (TPSA) is 94.1 Å². The molecule has 0 rings (SSSR count). The van der Waals surface area contributed by atoms with Crippen molar-refractivity contribution in [1.29, 1.82) is 0 Å². The summed E-state index contributed by atoms with van der Waals surface area (Å²) >= 11 is 0.